The molecule has 1 aliphatic carbocycles. The fraction of sp³-hybridized carbons (Fsp3) is 0.857. The molecule has 3 fully saturated rings. The molecule has 0 aromatic carbocycles. The zero-order valence-corrected chi connectivity index (χ0v) is 10.5. The summed E-state index contributed by atoms with van der Waals surface area (Å²) in [6.07, 6.45) is 5.94. The second kappa shape index (κ2) is 4.38. The summed E-state index contributed by atoms with van der Waals surface area (Å²) in [5, 5.41) is 9.66. The minimum Gasteiger partial charge on any atom is -0.394 e. The second-order valence-corrected chi connectivity index (χ2v) is 6.11. The van der Waals surface area contributed by atoms with Crippen LogP contribution in [0.1, 0.15) is 32.1 Å². The number of hydrogen-bond donors (Lipinski definition) is 1. The molecular weight excluding hydrogens is 214 g/mol. The van der Waals surface area contributed by atoms with E-state index < -0.39 is 0 Å². The highest BCUT2D eigenvalue weighted by Gasteiger charge is 2.49. The Labute approximate surface area is 103 Å². The van der Waals surface area contributed by atoms with Gasteiger partial charge in [0.1, 0.15) is 0 Å². The summed E-state index contributed by atoms with van der Waals surface area (Å²) in [5.41, 5.74) is 1.27. The summed E-state index contributed by atoms with van der Waals surface area (Å²) in [6, 6.07) is 0.500. The lowest BCUT2D eigenvalue weighted by Crippen LogP contribution is -2.46. The molecule has 3 nitrogen and oxygen atoms in total. The Morgan fingerprint density at radius 3 is 2.88 bits per heavy atom. The fourth-order valence-corrected chi connectivity index (χ4v) is 3.43. The van der Waals surface area contributed by atoms with Crippen molar-refractivity contribution in [2.75, 3.05) is 26.4 Å². The van der Waals surface area contributed by atoms with E-state index in [1.165, 1.54) is 24.8 Å². The summed E-state index contributed by atoms with van der Waals surface area (Å²) in [6.45, 7) is 7.10. The monoisotopic (exact) mass is 237 g/mol. The van der Waals surface area contributed by atoms with E-state index in [2.05, 4.69) is 11.5 Å². The predicted octanol–water partition coefficient (Wildman–Crippen LogP) is 1.57. The van der Waals surface area contributed by atoms with Crippen LogP contribution >= 0.6 is 0 Å². The summed E-state index contributed by atoms with van der Waals surface area (Å²) in [4.78, 5) is 2.45. The van der Waals surface area contributed by atoms with Crippen LogP contribution in [0.3, 0.4) is 0 Å². The number of fused-ring (bicyclic) bond motifs is 1. The van der Waals surface area contributed by atoms with Gasteiger partial charge in [0, 0.05) is 24.7 Å². The molecule has 2 saturated heterocycles. The third-order valence-corrected chi connectivity index (χ3v) is 4.62. The van der Waals surface area contributed by atoms with Crippen LogP contribution in [0.25, 0.3) is 0 Å². The van der Waals surface area contributed by atoms with Gasteiger partial charge in [0.05, 0.1) is 13.2 Å². The largest absolute Gasteiger partial charge is 0.394 e. The van der Waals surface area contributed by atoms with Crippen LogP contribution in [-0.2, 0) is 4.74 Å². The smallest absolute Gasteiger partial charge is 0.0622 e. The number of rotatable bonds is 5. The van der Waals surface area contributed by atoms with E-state index in [0.29, 0.717) is 6.04 Å². The molecule has 2 heterocycles. The summed E-state index contributed by atoms with van der Waals surface area (Å²) in [7, 11) is 0. The molecule has 0 amide bonds. The Morgan fingerprint density at radius 1 is 1.35 bits per heavy atom. The van der Waals surface area contributed by atoms with Gasteiger partial charge in [-0.05, 0) is 38.0 Å². The van der Waals surface area contributed by atoms with Gasteiger partial charge in [0.25, 0.3) is 0 Å². The Bertz CT molecular complexity index is 313. The average molecular weight is 237 g/mol. The maximum atomic E-state index is 9.66. The maximum absolute atomic E-state index is 9.66. The highest BCUT2D eigenvalue weighted by Crippen LogP contribution is 2.43. The number of ether oxygens (including phenoxy) is 1. The standard InChI is InChI=1S/C14H23NO2/c1-11-6-14(10-16)5-4-13(15(14)7-11)9-17-8-12-2-3-12/h12-13,16H,1-10H2. The minimum absolute atomic E-state index is 0.00465. The third-order valence-electron chi connectivity index (χ3n) is 4.62. The molecule has 0 aromatic rings. The van der Waals surface area contributed by atoms with Crippen LogP contribution in [0.15, 0.2) is 12.2 Å². The molecule has 0 aromatic heterocycles. The maximum Gasteiger partial charge on any atom is 0.0622 e. The molecule has 2 unspecified atom stereocenters. The van der Waals surface area contributed by atoms with E-state index in [9.17, 15) is 5.11 Å². The fourth-order valence-electron chi connectivity index (χ4n) is 3.43. The molecule has 2 atom stereocenters. The molecule has 17 heavy (non-hydrogen) atoms. The predicted molar refractivity (Wildman–Crippen MR) is 66.8 cm³/mol. The molecule has 96 valence electrons. The van der Waals surface area contributed by atoms with Crippen LogP contribution in [0.2, 0.25) is 0 Å². The molecule has 1 saturated carbocycles. The van der Waals surface area contributed by atoms with Crippen molar-refractivity contribution >= 4 is 0 Å². The zero-order chi connectivity index (χ0) is 11.9. The molecule has 0 spiro atoms. The van der Waals surface area contributed by atoms with E-state index in [1.807, 2.05) is 0 Å². The van der Waals surface area contributed by atoms with E-state index >= 15 is 0 Å². The van der Waals surface area contributed by atoms with Crippen LogP contribution in [0.4, 0.5) is 0 Å². The van der Waals surface area contributed by atoms with Gasteiger partial charge in [0.2, 0.25) is 0 Å². The van der Waals surface area contributed by atoms with E-state index in [4.69, 9.17) is 4.74 Å². The summed E-state index contributed by atoms with van der Waals surface area (Å²) in [5.74, 6) is 0.840. The first-order valence-corrected chi connectivity index (χ1v) is 6.85. The van der Waals surface area contributed by atoms with Gasteiger partial charge in [-0.2, -0.15) is 0 Å². The van der Waals surface area contributed by atoms with E-state index in [1.54, 1.807) is 0 Å². The van der Waals surface area contributed by atoms with Crippen LogP contribution in [0.5, 0.6) is 0 Å². The lowest BCUT2D eigenvalue weighted by atomic mass is 9.94. The first-order chi connectivity index (χ1) is 8.23. The van der Waals surface area contributed by atoms with Crippen molar-refractivity contribution < 1.29 is 9.84 Å². The first kappa shape index (κ1) is 11.7. The van der Waals surface area contributed by atoms with Crippen molar-refractivity contribution in [1.82, 2.24) is 4.90 Å². The van der Waals surface area contributed by atoms with Gasteiger partial charge in [-0.1, -0.05) is 12.2 Å². The topological polar surface area (TPSA) is 32.7 Å². The number of nitrogens with zero attached hydrogens (tertiary/aromatic N) is 1. The Hall–Kier alpha value is -0.380. The first-order valence-electron chi connectivity index (χ1n) is 6.85. The normalized spacial score (nSPS) is 37.7. The van der Waals surface area contributed by atoms with Crippen molar-refractivity contribution in [2.45, 2.75) is 43.7 Å². The Balaban J connectivity index is 1.57. The Kier molecular flexibility index (Phi) is 3.01. The molecule has 2 aliphatic heterocycles. The molecule has 3 rings (SSSR count). The lowest BCUT2D eigenvalue weighted by molar-refractivity contribution is 0.0304. The van der Waals surface area contributed by atoms with Gasteiger partial charge in [-0.15, -0.1) is 0 Å². The zero-order valence-electron chi connectivity index (χ0n) is 10.5. The second-order valence-electron chi connectivity index (χ2n) is 6.11. The Morgan fingerprint density at radius 2 is 2.18 bits per heavy atom. The highest BCUT2D eigenvalue weighted by atomic mass is 16.5. The van der Waals surface area contributed by atoms with Crippen LogP contribution in [-0.4, -0.2) is 48.0 Å². The summed E-state index contributed by atoms with van der Waals surface area (Å²) >= 11 is 0. The van der Waals surface area contributed by atoms with Crippen molar-refractivity contribution in [3.8, 4) is 0 Å². The summed E-state index contributed by atoms with van der Waals surface area (Å²) < 4.78 is 5.82. The number of hydrogen-bond acceptors (Lipinski definition) is 3. The van der Waals surface area contributed by atoms with Gasteiger partial charge in [0.15, 0.2) is 0 Å². The van der Waals surface area contributed by atoms with Crippen molar-refractivity contribution in [1.29, 1.82) is 0 Å². The van der Waals surface area contributed by atoms with Gasteiger partial charge < -0.3 is 9.84 Å². The molecule has 3 heteroatoms. The van der Waals surface area contributed by atoms with E-state index in [0.717, 1.165) is 38.5 Å². The van der Waals surface area contributed by atoms with E-state index in [-0.39, 0.29) is 12.1 Å². The molecule has 1 N–H and O–H groups in total. The van der Waals surface area contributed by atoms with Gasteiger partial charge in [-0.25, -0.2) is 0 Å². The number of aliphatic hydroxyl groups excluding tert-OH is 1. The quantitative estimate of drug-likeness (QED) is 0.737. The number of aliphatic hydroxyl groups is 1. The molecular formula is C14H23NO2. The van der Waals surface area contributed by atoms with Crippen molar-refractivity contribution in [3.05, 3.63) is 12.2 Å². The average Bonchev–Trinajstić information content (AvgIpc) is 2.99. The van der Waals surface area contributed by atoms with Gasteiger partial charge in [-0.3, -0.25) is 4.90 Å². The molecule has 0 bridgehead atoms. The van der Waals surface area contributed by atoms with Crippen molar-refractivity contribution in [3.63, 3.8) is 0 Å². The van der Waals surface area contributed by atoms with Gasteiger partial charge >= 0.3 is 0 Å². The van der Waals surface area contributed by atoms with Crippen molar-refractivity contribution in [2.24, 2.45) is 5.92 Å². The SMILES string of the molecule is C=C1CN2C(COCC3CC3)CCC2(CO)C1. The molecule has 0 radical (unpaired) electrons. The lowest BCUT2D eigenvalue weighted by Gasteiger charge is -2.32. The van der Waals surface area contributed by atoms with Crippen LogP contribution < -0.4 is 0 Å². The van der Waals surface area contributed by atoms with Crippen LogP contribution in [0, 0.1) is 5.92 Å². The highest BCUT2D eigenvalue weighted by molar-refractivity contribution is 5.19. The minimum atomic E-state index is 0.00465. The third kappa shape index (κ3) is 2.16. The molecule has 3 aliphatic rings.